The van der Waals surface area contributed by atoms with Crippen molar-refractivity contribution < 1.29 is 4.79 Å². The van der Waals surface area contributed by atoms with Gasteiger partial charge in [-0.15, -0.1) is 0 Å². The summed E-state index contributed by atoms with van der Waals surface area (Å²) in [6.07, 6.45) is 0.508. The van der Waals surface area contributed by atoms with E-state index in [0.717, 1.165) is 5.69 Å². The molecule has 1 aromatic carbocycles. The van der Waals surface area contributed by atoms with Crippen LogP contribution < -0.4 is 11.1 Å². The molecule has 0 bridgehead atoms. The van der Waals surface area contributed by atoms with Crippen molar-refractivity contribution in [3.63, 3.8) is 0 Å². The number of hydrogen-bond donors (Lipinski definition) is 2. The van der Waals surface area contributed by atoms with Crippen LogP contribution in [-0.4, -0.2) is 12.5 Å². The molecule has 0 spiro atoms. The van der Waals surface area contributed by atoms with Gasteiger partial charge in [0.15, 0.2) is 0 Å². The van der Waals surface area contributed by atoms with Crippen LogP contribution in [-0.2, 0) is 4.79 Å². The first kappa shape index (κ1) is 9.21. The predicted molar refractivity (Wildman–Crippen MR) is 56.2 cm³/mol. The van der Waals surface area contributed by atoms with E-state index in [1.807, 2.05) is 12.1 Å². The molecule has 1 aliphatic heterocycles. The molecule has 0 aromatic heterocycles. The highest BCUT2D eigenvalue weighted by molar-refractivity contribution is 5.95. The summed E-state index contributed by atoms with van der Waals surface area (Å²) < 4.78 is 0. The fourth-order valence-electron chi connectivity index (χ4n) is 2.06. The van der Waals surface area contributed by atoms with E-state index in [1.165, 1.54) is 11.1 Å². The van der Waals surface area contributed by atoms with E-state index in [2.05, 4.69) is 18.3 Å². The highest BCUT2D eigenvalue weighted by atomic mass is 16.1. The van der Waals surface area contributed by atoms with Crippen LogP contribution in [0.15, 0.2) is 18.2 Å². The topological polar surface area (TPSA) is 55.1 Å². The van der Waals surface area contributed by atoms with E-state index in [1.54, 1.807) is 0 Å². The van der Waals surface area contributed by atoms with Gasteiger partial charge < -0.3 is 11.1 Å². The second kappa shape index (κ2) is 3.42. The molecule has 0 saturated heterocycles. The van der Waals surface area contributed by atoms with Crippen molar-refractivity contribution in [2.24, 2.45) is 5.73 Å². The first-order valence-electron chi connectivity index (χ1n) is 4.82. The summed E-state index contributed by atoms with van der Waals surface area (Å²) >= 11 is 0. The molecule has 1 unspecified atom stereocenters. The SMILES string of the molecule is Cc1cccc2c1C(CN)CC(=O)N2. The van der Waals surface area contributed by atoms with E-state index < -0.39 is 0 Å². The lowest BCUT2D eigenvalue weighted by Crippen LogP contribution is -2.27. The molecule has 1 aromatic rings. The Kier molecular flexibility index (Phi) is 2.25. The molecule has 3 nitrogen and oxygen atoms in total. The van der Waals surface area contributed by atoms with Crippen molar-refractivity contribution in [2.75, 3.05) is 11.9 Å². The van der Waals surface area contributed by atoms with E-state index in [-0.39, 0.29) is 11.8 Å². The van der Waals surface area contributed by atoms with Crippen LogP contribution in [0.1, 0.15) is 23.5 Å². The molecule has 0 radical (unpaired) electrons. The number of carbonyl (C=O) groups excluding carboxylic acids is 1. The van der Waals surface area contributed by atoms with Gasteiger partial charge in [-0.1, -0.05) is 12.1 Å². The lowest BCUT2D eigenvalue weighted by atomic mass is 9.87. The Hall–Kier alpha value is -1.35. The van der Waals surface area contributed by atoms with Crippen molar-refractivity contribution in [1.29, 1.82) is 0 Å². The number of nitrogens with two attached hydrogens (primary N) is 1. The Morgan fingerprint density at radius 2 is 2.36 bits per heavy atom. The van der Waals surface area contributed by atoms with Crippen LogP contribution in [0.2, 0.25) is 0 Å². The van der Waals surface area contributed by atoms with Crippen molar-refractivity contribution in [2.45, 2.75) is 19.3 Å². The minimum absolute atomic E-state index is 0.0681. The van der Waals surface area contributed by atoms with Gasteiger partial charge >= 0.3 is 0 Å². The average Bonchev–Trinajstić information content (AvgIpc) is 2.16. The predicted octanol–water partition coefficient (Wildman–Crippen LogP) is 1.38. The molecule has 1 amide bonds. The molecule has 3 N–H and O–H groups in total. The van der Waals surface area contributed by atoms with Crippen molar-refractivity contribution >= 4 is 11.6 Å². The van der Waals surface area contributed by atoms with Gasteiger partial charge in [0.1, 0.15) is 0 Å². The average molecular weight is 190 g/mol. The second-order valence-corrected chi connectivity index (χ2v) is 3.72. The van der Waals surface area contributed by atoms with Gasteiger partial charge in [0, 0.05) is 18.0 Å². The molecule has 2 rings (SSSR count). The van der Waals surface area contributed by atoms with E-state index >= 15 is 0 Å². The fraction of sp³-hybridized carbons (Fsp3) is 0.364. The largest absolute Gasteiger partial charge is 0.330 e. The minimum atomic E-state index is 0.0681. The number of nitrogens with one attached hydrogen (secondary N) is 1. The summed E-state index contributed by atoms with van der Waals surface area (Å²) in [6, 6.07) is 5.94. The summed E-state index contributed by atoms with van der Waals surface area (Å²) in [7, 11) is 0. The number of anilines is 1. The van der Waals surface area contributed by atoms with Crippen LogP contribution in [0.25, 0.3) is 0 Å². The van der Waals surface area contributed by atoms with Gasteiger partial charge in [0.05, 0.1) is 0 Å². The third-order valence-corrected chi connectivity index (χ3v) is 2.72. The summed E-state index contributed by atoms with van der Waals surface area (Å²) in [6.45, 7) is 2.59. The Morgan fingerprint density at radius 3 is 3.07 bits per heavy atom. The van der Waals surface area contributed by atoms with Crippen LogP contribution in [0, 0.1) is 6.92 Å². The molecule has 1 atom stereocenters. The van der Waals surface area contributed by atoms with Crippen molar-refractivity contribution in [3.8, 4) is 0 Å². The summed E-state index contributed by atoms with van der Waals surface area (Å²) in [5, 5.41) is 2.87. The highest BCUT2D eigenvalue weighted by Gasteiger charge is 2.24. The molecule has 0 aliphatic carbocycles. The minimum Gasteiger partial charge on any atom is -0.330 e. The van der Waals surface area contributed by atoms with Crippen LogP contribution in [0.5, 0.6) is 0 Å². The molecule has 3 heteroatoms. The summed E-state index contributed by atoms with van der Waals surface area (Å²) in [4.78, 5) is 11.3. The molecule has 0 fully saturated rings. The van der Waals surface area contributed by atoms with Crippen LogP contribution in [0.3, 0.4) is 0 Å². The zero-order chi connectivity index (χ0) is 10.1. The Morgan fingerprint density at radius 1 is 1.57 bits per heavy atom. The number of rotatable bonds is 1. The molecule has 0 saturated carbocycles. The molecule has 74 valence electrons. The maximum absolute atomic E-state index is 11.3. The number of amides is 1. The quantitative estimate of drug-likeness (QED) is 0.703. The van der Waals surface area contributed by atoms with Gasteiger partial charge in [0.2, 0.25) is 5.91 Å². The second-order valence-electron chi connectivity index (χ2n) is 3.72. The van der Waals surface area contributed by atoms with E-state index in [4.69, 9.17) is 5.73 Å². The third kappa shape index (κ3) is 1.40. The standard InChI is InChI=1S/C11H14N2O/c1-7-3-2-4-9-11(7)8(6-12)5-10(14)13-9/h2-4,8H,5-6,12H2,1H3,(H,13,14). The number of aryl methyl sites for hydroxylation is 1. The summed E-state index contributed by atoms with van der Waals surface area (Å²) in [5.74, 6) is 0.249. The number of benzene rings is 1. The zero-order valence-corrected chi connectivity index (χ0v) is 8.21. The van der Waals surface area contributed by atoms with Crippen LogP contribution in [0.4, 0.5) is 5.69 Å². The Balaban J connectivity index is 2.51. The van der Waals surface area contributed by atoms with Gasteiger partial charge in [-0.2, -0.15) is 0 Å². The van der Waals surface area contributed by atoms with E-state index in [0.29, 0.717) is 13.0 Å². The van der Waals surface area contributed by atoms with Crippen LogP contribution >= 0.6 is 0 Å². The van der Waals surface area contributed by atoms with Gasteiger partial charge in [0.25, 0.3) is 0 Å². The molecular weight excluding hydrogens is 176 g/mol. The zero-order valence-electron chi connectivity index (χ0n) is 8.21. The number of hydrogen-bond acceptors (Lipinski definition) is 2. The van der Waals surface area contributed by atoms with Crippen molar-refractivity contribution in [1.82, 2.24) is 0 Å². The maximum Gasteiger partial charge on any atom is 0.225 e. The Bertz CT molecular complexity index is 374. The number of carbonyl (C=O) groups is 1. The first-order valence-corrected chi connectivity index (χ1v) is 4.82. The first-order chi connectivity index (χ1) is 6.72. The molecule has 14 heavy (non-hydrogen) atoms. The van der Waals surface area contributed by atoms with Gasteiger partial charge in [-0.3, -0.25) is 4.79 Å². The van der Waals surface area contributed by atoms with E-state index in [9.17, 15) is 4.79 Å². The molecular formula is C11H14N2O. The normalized spacial score (nSPS) is 20.1. The maximum atomic E-state index is 11.3. The summed E-state index contributed by atoms with van der Waals surface area (Å²) in [5.41, 5.74) is 9.01. The highest BCUT2D eigenvalue weighted by Crippen LogP contribution is 2.33. The smallest absolute Gasteiger partial charge is 0.225 e. The van der Waals surface area contributed by atoms with Crippen molar-refractivity contribution in [3.05, 3.63) is 29.3 Å². The lowest BCUT2D eigenvalue weighted by molar-refractivity contribution is -0.116. The molecule has 1 heterocycles. The fourth-order valence-corrected chi connectivity index (χ4v) is 2.06. The van der Waals surface area contributed by atoms with Gasteiger partial charge in [-0.05, 0) is 30.7 Å². The third-order valence-electron chi connectivity index (χ3n) is 2.72. The lowest BCUT2D eigenvalue weighted by Gasteiger charge is -2.26. The monoisotopic (exact) mass is 190 g/mol. The number of fused-ring (bicyclic) bond motifs is 1. The van der Waals surface area contributed by atoms with Gasteiger partial charge in [-0.25, -0.2) is 0 Å². The molecule has 1 aliphatic rings. The Labute approximate surface area is 83.3 Å².